The molecule has 0 aliphatic carbocycles. The monoisotopic (exact) mass is 219 g/mol. The molecule has 16 heavy (non-hydrogen) atoms. The Morgan fingerprint density at radius 1 is 1.38 bits per heavy atom. The molecule has 0 aromatic heterocycles. The Balaban J connectivity index is 2.22. The first-order valence-electron chi connectivity index (χ1n) is 5.59. The van der Waals surface area contributed by atoms with E-state index in [4.69, 9.17) is 11.5 Å². The Morgan fingerprint density at radius 3 is 2.94 bits per heavy atom. The SMILES string of the molecule is NCCC(N)c1ccc2c(c1)CCC(=O)N2. The van der Waals surface area contributed by atoms with E-state index in [1.807, 2.05) is 12.1 Å². The number of benzene rings is 1. The predicted octanol–water partition coefficient (Wildman–Crippen LogP) is 0.920. The lowest BCUT2D eigenvalue weighted by Gasteiger charge is -2.19. The van der Waals surface area contributed by atoms with E-state index in [1.165, 1.54) is 5.56 Å². The van der Waals surface area contributed by atoms with Gasteiger partial charge in [-0.2, -0.15) is 0 Å². The summed E-state index contributed by atoms with van der Waals surface area (Å²) in [6, 6.07) is 5.96. The predicted molar refractivity (Wildman–Crippen MR) is 64.0 cm³/mol. The lowest BCUT2D eigenvalue weighted by molar-refractivity contribution is -0.116. The molecule has 2 rings (SSSR count). The van der Waals surface area contributed by atoms with Gasteiger partial charge in [-0.1, -0.05) is 12.1 Å². The van der Waals surface area contributed by atoms with Gasteiger partial charge in [0.2, 0.25) is 5.91 Å². The molecule has 1 atom stereocenters. The molecule has 1 heterocycles. The number of carbonyl (C=O) groups is 1. The first-order valence-corrected chi connectivity index (χ1v) is 5.59. The molecule has 1 aromatic carbocycles. The van der Waals surface area contributed by atoms with Gasteiger partial charge < -0.3 is 16.8 Å². The summed E-state index contributed by atoms with van der Waals surface area (Å²) in [6.07, 6.45) is 2.14. The summed E-state index contributed by atoms with van der Waals surface area (Å²) in [5, 5.41) is 2.85. The lowest BCUT2D eigenvalue weighted by Crippen LogP contribution is -2.20. The molecular formula is C12H17N3O. The molecule has 1 aliphatic rings. The van der Waals surface area contributed by atoms with E-state index in [1.54, 1.807) is 0 Å². The Labute approximate surface area is 95.0 Å². The van der Waals surface area contributed by atoms with Crippen molar-refractivity contribution >= 4 is 11.6 Å². The number of aryl methyl sites for hydroxylation is 1. The second kappa shape index (κ2) is 4.63. The maximum absolute atomic E-state index is 11.2. The second-order valence-electron chi connectivity index (χ2n) is 4.15. The van der Waals surface area contributed by atoms with Crippen LogP contribution < -0.4 is 16.8 Å². The van der Waals surface area contributed by atoms with Crippen molar-refractivity contribution in [1.29, 1.82) is 0 Å². The van der Waals surface area contributed by atoms with Crippen molar-refractivity contribution in [2.24, 2.45) is 11.5 Å². The van der Waals surface area contributed by atoms with E-state index in [9.17, 15) is 4.79 Å². The second-order valence-corrected chi connectivity index (χ2v) is 4.15. The normalized spacial score (nSPS) is 16.5. The molecule has 0 fully saturated rings. The molecular weight excluding hydrogens is 202 g/mol. The van der Waals surface area contributed by atoms with Gasteiger partial charge in [-0.15, -0.1) is 0 Å². The molecule has 86 valence electrons. The number of amides is 1. The number of hydrogen-bond acceptors (Lipinski definition) is 3. The fourth-order valence-electron chi connectivity index (χ4n) is 1.98. The van der Waals surface area contributed by atoms with E-state index in [0.29, 0.717) is 13.0 Å². The number of rotatable bonds is 3. The minimum atomic E-state index is -0.00655. The molecule has 0 saturated carbocycles. The van der Waals surface area contributed by atoms with Gasteiger partial charge in [0.15, 0.2) is 0 Å². The summed E-state index contributed by atoms with van der Waals surface area (Å²) in [5.41, 5.74) is 14.7. The van der Waals surface area contributed by atoms with Crippen LogP contribution in [0.5, 0.6) is 0 Å². The number of nitrogens with two attached hydrogens (primary N) is 2. The van der Waals surface area contributed by atoms with Crippen molar-refractivity contribution in [3.05, 3.63) is 29.3 Å². The van der Waals surface area contributed by atoms with E-state index >= 15 is 0 Å². The van der Waals surface area contributed by atoms with E-state index < -0.39 is 0 Å². The van der Waals surface area contributed by atoms with Gasteiger partial charge in [0.1, 0.15) is 0 Å². The Kier molecular flexibility index (Phi) is 3.22. The van der Waals surface area contributed by atoms with Crippen molar-refractivity contribution in [3.8, 4) is 0 Å². The smallest absolute Gasteiger partial charge is 0.224 e. The number of anilines is 1. The third-order valence-corrected chi connectivity index (χ3v) is 2.93. The summed E-state index contributed by atoms with van der Waals surface area (Å²) in [5.74, 6) is 0.0894. The molecule has 1 unspecified atom stereocenters. The van der Waals surface area contributed by atoms with Crippen LogP contribution in [-0.2, 0) is 11.2 Å². The van der Waals surface area contributed by atoms with Crippen LogP contribution >= 0.6 is 0 Å². The molecule has 0 bridgehead atoms. The first-order chi connectivity index (χ1) is 7.70. The number of carbonyl (C=O) groups excluding carboxylic acids is 1. The number of hydrogen-bond donors (Lipinski definition) is 3. The molecule has 1 aromatic rings. The lowest BCUT2D eigenvalue weighted by atomic mass is 9.96. The van der Waals surface area contributed by atoms with Gasteiger partial charge >= 0.3 is 0 Å². The highest BCUT2D eigenvalue weighted by Gasteiger charge is 2.16. The van der Waals surface area contributed by atoms with Gasteiger partial charge in [-0.05, 0) is 36.6 Å². The third kappa shape index (κ3) is 2.23. The maximum atomic E-state index is 11.2. The van der Waals surface area contributed by atoms with Crippen LogP contribution in [0.4, 0.5) is 5.69 Å². The van der Waals surface area contributed by atoms with E-state index in [2.05, 4.69) is 11.4 Å². The standard InChI is InChI=1S/C12H17N3O/c13-6-5-10(14)8-1-3-11-9(7-8)2-4-12(16)15-11/h1,3,7,10H,2,4-6,13-14H2,(H,15,16). The Bertz CT molecular complexity index is 403. The molecule has 5 N–H and O–H groups in total. The van der Waals surface area contributed by atoms with E-state index in [0.717, 1.165) is 24.1 Å². The molecule has 4 nitrogen and oxygen atoms in total. The zero-order valence-electron chi connectivity index (χ0n) is 9.20. The Morgan fingerprint density at radius 2 is 2.19 bits per heavy atom. The highest BCUT2D eigenvalue weighted by molar-refractivity contribution is 5.93. The van der Waals surface area contributed by atoms with E-state index in [-0.39, 0.29) is 11.9 Å². The quantitative estimate of drug-likeness (QED) is 0.707. The largest absolute Gasteiger partial charge is 0.330 e. The summed E-state index contributed by atoms with van der Waals surface area (Å²) in [6.45, 7) is 0.592. The zero-order valence-corrected chi connectivity index (χ0v) is 9.20. The highest BCUT2D eigenvalue weighted by Crippen LogP contribution is 2.26. The molecule has 0 saturated heterocycles. The molecule has 4 heteroatoms. The maximum Gasteiger partial charge on any atom is 0.224 e. The van der Waals surface area contributed by atoms with Crippen LogP contribution in [0.3, 0.4) is 0 Å². The van der Waals surface area contributed by atoms with Crippen LogP contribution in [0, 0.1) is 0 Å². The van der Waals surface area contributed by atoms with Gasteiger partial charge in [0.25, 0.3) is 0 Å². The minimum absolute atomic E-state index is 0.00655. The highest BCUT2D eigenvalue weighted by atomic mass is 16.1. The summed E-state index contributed by atoms with van der Waals surface area (Å²) in [7, 11) is 0. The van der Waals surface area contributed by atoms with Crippen LogP contribution in [-0.4, -0.2) is 12.5 Å². The topological polar surface area (TPSA) is 81.1 Å². The summed E-state index contributed by atoms with van der Waals surface area (Å²) >= 11 is 0. The third-order valence-electron chi connectivity index (χ3n) is 2.93. The number of fused-ring (bicyclic) bond motifs is 1. The minimum Gasteiger partial charge on any atom is -0.330 e. The average Bonchev–Trinajstić information content (AvgIpc) is 2.28. The fraction of sp³-hybridized carbons (Fsp3) is 0.417. The van der Waals surface area contributed by atoms with Crippen molar-refractivity contribution in [3.63, 3.8) is 0 Å². The zero-order chi connectivity index (χ0) is 11.5. The van der Waals surface area contributed by atoms with Gasteiger partial charge in [-0.25, -0.2) is 0 Å². The van der Waals surface area contributed by atoms with Crippen LogP contribution in [0.25, 0.3) is 0 Å². The molecule has 0 spiro atoms. The van der Waals surface area contributed by atoms with Crippen molar-refractivity contribution in [1.82, 2.24) is 0 Å². The first kappa shape index (κ1) is 11.1. The van der Waals surface area contributed by atoms with Crippen molar-refractivity contribution in [2.75, 3.05) is 11.9 Å². The van der Waals surface area contributed by atoms with Gasteiger partial charge in [-0.3, -0.25) is 4.79 Å². The number of nitrogens with one attached hydrogen (secondary N) is 1. The van der Waals surface area contributed by atoms with Crippen LogP contribution in [0.2, 0.25) is 0 Å². The van der Waals surface area contributed by atoms with Crippen LogP contribution in [0.15, 0.2) is 18.2 Å². The Hall–Kier alpha value is -1.39. The summed E-state index contributed by atoms with van der Waals surface area (Å²) in [4.78, 5) is 11.2. The average molecular weight is 219 g/mol. The van der Waals surface area contributed by atoms with Gasteiger partial charge in [0.05, 0.1) is 0 Å². The molecule has 1 aliphatic heterocycles. The summed E-state index contributed by atoms with van der Waals surface area (Å²) < 4.78 is 0. The molecule has 1 amide bonds. The molecule has 0 radical (unpaired) electrons. The van der Waals surface area contributed by atoms with Crippen molar-refractivity contribution in [2.45, 2.75) is 25.3 Å². The van der Waals surface area contributed by atoms with Crippen molar-refractivity contribution < 1.29 is 4.79 Å². The van der Waals surface area contributed by atoms with Crippen LogP contribution in [0.1, 0.15) is 30.0 Å². The fourth-order valence-corrected chi connectivity index (χ4v) is 1.98. The van der Waals surface area contributed by atoms with Gasteiger partial charge in [0, 0.05) is 18.2 Å².